The van der Waals surface area contributed by atoms with Gasteiger partial charge in [-0.05, 0) is 72.8 Å². The van der Waals surface area contributed by atoms with Crippen LogP contribution in [0.2, 0.25) is 0 Å². The Bertz CT molecular complexity index is 971. The summed E-state index contributed by atoms with van der Waals surface area (Å²) in [4.78, 5) is 0. The van der Waals surface area contributed by atoms with E-state index < -0.39 is 34.9 Å². The third-order valence-electron chi connectivity index (χ3n) is 4.43. The molecule has 6 heteroatoms. The normalized spacial score (nSPS) is 13.7. The summed E-state index contributed by atoms with van der Waals surface area (Å²) < 4.78 is 61.1. The number of halogens is 5. The van der Waals surface area contributed by atoms with E-state index in [2.05, 4.69) is 98.5 Å². The Labute approximate surface area is 178 Å². The van der Waals surface area contributed by atoms with Crippen molar-refractivity contribution in [2.75, 3.05) is 0 Å². The molecule has 0 N–H and O–H groups in total. The molecule has 0 amide bonds. The van der Waals surface area contributed by atoms with Gasteiger partial charge in [0.25, 0.3) is 0 Å². The van der Waals surface area contributed by atoms with Crippen molar-refractivity contribution in [2.24, 2.45) is 0 Å². The van der Waals surface area contributed by atoms with Gasteiger partial charge >= 0.3 is 64.4 Å². The summed E-state index contributed by atoms with van der Waals surface area (Å²) >= 11 is 0. The van der Waals surface area contributed by atoms with Crippen molar-refractivity contribution in [3.63, 3.8) is 0 Å². The van der Waals surface area contributed by atoms with Crippen LogP contribution in [0.3, 0.4) is 0 Å². The van der Waals surface area contributed by atoms with Gasteiger partial charge in [0.1, 0.15) is 0 Å². The van der Waals surface area contributed by atoms with E-state index in [4.69, 9.17) is 0 Å². The molecule has 0 fully saturated rings. The van der Waals surface area contributed by atoms with Gasteiger partial charge in [-0.2, -0.15) is 0 Å². The molecule has 0 unspecified atom stereocenters. The Balaban J connectivity index is 0.000000196. The predicted octanol–water partition coefficient (Wildman–Crippen LogP) is 6.85. The largest absolute Gasteiger partial charge is 0.0631 e. The Kier molecular flexibility index (Phi) is 7.13. The molecule has 3 aromatic carbocycles. The fourth-order valence-corrected chi connectivity index (χ4v) is 2.94. The summed E-state index contributed by atoms with van der Waals surface area (Å²) in [7, 11) is 4.56. The van der Waals surface area contributed by atoms with Gasteiger partial charge in [0.05, 0.1) is 22.6 Å². The standard InChI is InChI=1S/C19H15.C6BF5/c1-4-10-16(11-5-1)19(17-12-6-2-7-13-17)18-14-8-3-9-15-18;7-1-2(8)4(10)6(12)5(11)3(1)9/h1-15H;/q+1;-1. The Hall–Kier alpha value is -3.54. The van der Waals surface area contributed by atoms with Gasteiger partial charge in [0.2, 0.25) is 0 Å². The minimum atomic E-state index is -2.21. The smallest absolute Gasteiger partial charge is 0.0511 e. The van der Waals surface area contributed by atoms with Crippen LogP contribution in [0.1, 0.15) is 16.7 Å². The van der Waals surface area contributed by atoms with Gasteiger partial charge in [-0.25, -0.2) is 0 Å². The van der Waals surface area contributed by atoms with Crippen LogP contribution in [0.4, 0.5) is 22.0 Å². The molecule has 153 valence electrons. The fraction of sp³-hybridized carbons (Fsp3) is 0. The zero-order valence-corrected chi connectivity index (χ0v) is 16.1. The SMILES string of the molecule is [B]=C1C(F)=C(F)[C-](F)C(F)=C1F.c1ccc([C+](c2ccccc2)c2ccccc2)cc1. The van der Waals surface area contributed by atoms with Gasteiger partial charge in [-0.1, -0.05) is 18.2 Å². The zero-order chi connectivity index (χ0) is 22.4. The van der Waals surface area contributed by atoms with E-state index in [-0.39, 0.29) is 0 Å². The second-order valence-corrected chi connectivity index (χ2v) is 6.46. The monoisotopic (exact) mass is 421 g/mol. The van der Waals surface area contributed by atoms with E-state index in [0.717, 1.165) is 0 Å². The van der Waals surface area contributed by atoms with Crippen molar-refractivity contribution < 1.29 is 22.0 Å². The molecule has 1 aliphatic rings. The number of hydrogen-bond acceptors (Lipinski definition) is 0. The maximum atomic E-state index is 12.3. The van der Waals surface area contributed by atoms with E-state index in [9.17, 15) is 22.0 Å². The molecular weight excluding hydrogens is 406 g/mol. The Morgan fingerprint density at radius 2 is 0.839 bits per heavy atom. The van der Waals surface area contributed by atoms with E-state index in [1.165, 1.54) is 22.6 Å². The molecule has 0 bridgehead atoms. The molecule has 3 aromatic rings. The van der Waals surface area contributed by atoms with Crippen LogP contribution >= 0.6 is 0 Å². The van der Waals surface area contributed by atoms with Crippen LogP contribution in [0, 0.1) is 12.1 Å². The maximum absolute atomic E-state index is 12.3. The van der Waals surface area contributed by atoms with Crippen LogP contribution in [0.5, 0.6) is 0 Å². The molecular formula is C25H15BF5. The summed E-state index contributed by atoms with van der Waals surface area (Å²) in [6, 6.07) is 31.6. The van der Waals surface area contributed by atoms with Crippen LogP contribution in [-0.4, -0.2) is 13.0 Å². The number of rotatable bonds is 3. The van der Waals surface area contributed by atoms with Crippen molar-refractivity contribution in [2.45, 2.75) is 0 Å². The van der Waals surface area contributed by atoms with Crippen molar-refractivity contribution in [3.05, 3.63) is 143 Å². The molecule has 0 saturated carbocycles. The molecule has 31 heavy (non-hydrogen) atoms. The molecule has 0 aliphatic heterocycles. The van der Waals surface area contributed by atoms with Gasteiger partial charge in [0, 0.05) is 0 Å². The van der Waals surface area contributed by atoms with Crippen LogP contribution in [0.25, 0.3) is 0 Å². The molecule has 0 spiro atoms. The molecule has 0 atom stereocenters. The summed E-state index contributed by atoms with van der Waals surface area (Å²) in [5.74, 6) is -6.81. The third-order valence-corrected chi connectivity index (χ3v) is 4.43. The topological polar surface area (TPSA) is 0 Å². The first kappa shape index (κ1) is 22.2. The van der Waals surface area contributed by atoms with Crippen molar-refractivity contribution >= 4 is 13.0 Å². The summed E-state index contributed by atoms with van der Waals surface area (Å²) in [6.45, 7) is 0. The van der Waals surface area contributed by atoms with Crippen LogP contribution in [0.15, 0.2) is 114 Å². The molecule has 1 radical (unpaired) electrons. The first-order chi connectivity index (χ1) is 14.9. The van der Waals surface area contributed by atoms with Crippen LogP contribution in [-0.2, 0) is 0 Å². The van der Waals surface area contributed by atoms with E-state index in [1.54, 1.807) is 0 Å². The van der Waals surface area contributed by atoms with E-state index in [1.807, 2.05) is 0 Å². The molecule has 1 aliphatic carbocycles. The van der Waals surface area contributed by atoms with Gasteiger partial charge < -0.3 is 0 Å². The Morgan fingerprint density at radius 1 is 0.548 bits per heavy atom. The zero-order valence-electron chi connectivity index (χ0n) is 16.1. The number of benzene rings is 3. The van der Waals surface area contributed by atoms with E-state index in [0.29, 0.717) is 0 Å². The summed E-state index contributed by atoms with van der Waals surface area (Å²) in [5, 5.41) is 0. The number of allylic oxidation sites excluding steroid dienone is 4. The average Bonchev–Trinajstić information content (AvgIpc) is 2.83. The van der Waals surface area contributed by atoms with Gasteiger partial charge in [0.15, 0.2) is 0 Å². The molecule has 0 heterocycles. The first-order valence-electron chi connectivity index (χ1n) is 9.22. The van der Waals surface area contributed by atoms with Gasteiger partial charge in [-0.3, -0.25) is 0 Å². The van der Waals surface area contributed by atoms with E-state index >= 15 is 0 Å². The minimum Gasteiger partial charge on any atom is -0.0511 e. The quantitative estimate of drug-likeness (QED) is 0.188. The first-order valence-corrected chi connectivity index (χ1v) is 9.22. The molecule has 0 aromatic heterocycles. The second-order valence-electron chi connectivity index (χ2n) is 6.46. The van der Waals surface area contributed by atoms with Crippen LogP contribution < -0.4 is 0 Å². The average molecular weight is 421 g/mol. The molecule has 0 saturated heterocycles. The van der Waals surface area contributed by atoms with Gasteiger partial charge in [-0.15, -0.1) is 0 Å². The second kappa shape index (κ2) is 9.98. The Morgan fingerprint density at radius 3 is 1.13 bits per heavy atom. The van der Waals surface area contributed by atoms with Crippen molar-refractivity contribution in [3.8, 4) is 0 Å². The third kappa shape index (κ3) is 4.97. The minimum absolute atomic E-state index is 1.25. The predicted molar refractivity (Wildman–Crippen MR) is 113 cm³/mol. The van der Waals surface area contributed by atoms with Crippen molar-refractivity contribution in [1.29, 1.82) is 0 Å². The summed E-state index contributed by atoms with van der Waals surface area (Å²) in [6.07, 6.45) is -2.21. The summed E-state index contributed by atoms with van der Waals surface area (Å²) in [5.41, 5.74) is 2.38. The molecule has 0 nitrogen and oxygen atoms in total. The fourth-order valence-electron chi connectivity index (χ4n) is 2.94. The van der Waals surface area contributed by atoms with Crippen molar-refractivity contribution in [1.82, 2.24) is 0 Å². The maximum Gasteiger partial charge on any atom is 0.0631 e. The number of hydrogen-bond donors (Lipinski definition) is 0. The molecule has 4 rings (SSSR count).